The SMILES string of the molecule is Cc1cc(Nc2cc(N3CCN(C)CC3)nc(-c3cccn3C)n2)n[nH]1. The van der Waals surface area contributed by atoms with Crippen LogP contribution in [0.3, 0.4) is 0 Å². The highest BCUT2D eigenvalue weighted by Crippen LogP contribution is 2.25. The minimum Gasteiger partial charge on any atom is -0.354 e. The third kappa shape index (κ3) is 3.41. The summed E-state index contributed by atoms with van der Waals surface area (Å²) in [7, 11) is 4.16. The Morgan fingerprint density at radius 3 is 2.50 bits per heavy atom. The highest BCUT2D eigenvalue weighted by molar-refractivity contribution is 5.63. The molecular weight excluding hydrogens is 328 g/mol. The Balaban J connectivity index is 1.70. The lowest BCUT2D eigenvalue weighted by atomic mass is 10.3. The van der Waals surface area contributed by atoms with E-state index in [-0.39, 0.29) is 0 Å². The van der Waals surface area contributed by atoms with Gasteiger partial charge < -0.3 is 19.7 Å². The van der Waals surface area contributed by atoms with Crippen LogP contribution in [0.4, 0.5) is 17.5 Å². The second-order valence-corrected chi connectivity index (χ2v) is 6.79. The number of hydrogen-bond acceptors (Lipinski definition) is 6. The molecule has 4 rings (SSSR count). The number of aromatic nitrogens is 5. The van der Waals surface area contributed by atoms with Crippen molar-refractivity contribution in [2.75, 3.05) is 43.4 Å². The lowest BCUT2D eigenvalue weighted by molar-refractivity contribution is 0.312. The first-order chi connectivity index (χ1) is 12.6. The second-order valence-electron chi connectivity index (χ2n) is 6.79. The molecule has 0 amide bonds. The molecule has 0 aliphatic carbocycles. The van der Waals surface area contributed by atoms with Gasteiger partial charge in [-0.15, -0.1) is 0 Å². The van der Waals surface area contributed by atoms with Crippen molar-refractivity contribution in [2.45, 2.75) is 6.92 Å². The molecule has 2 N–H and O–H groups in total. The average molecular weight is 352 g/mol. The van der Waals surface area contributed by atoms with E-state index in [0.29, 0.717) is 5.82 Å². The van der Waals surface area contributed by atoms with Crippen LogP contribution in [0.25, 0.3) is 11.5 Å². The molecule has 0 aromatic carbocycles. The number of nitrogens with one attached hydrogen (secondary N) is 2. The lowest BCUT2D eigenvalue weighted by Gasteiger charge is -2.33. The van der Waals surface area contributed by atoms with Crippen molar-refractivity contribution in [3.63, 3.8) is 0 Å². The third-order valence-electron chi connectivity index (χ3n) is 4.67. The molecule has 8 nitrogen and oxygen atoms in total. The molecule has 1 fully saturated rings. The van der Waals surface area contributed by atoms with E-state index in [1.165, 1.54) is 0 Å². The van der Waals surface area contributed by atoms with Gasteiger partial charge in [-0.2, -0.15) is 5.10 Å². The van der Waals surface area contributed by atoms with Gasteiger partial charge in [0.2, 0.25) is 0 Å². The molecule has 0 saturated carbocycles. The molecule has 1 saturated heterocycles. The summed E-state index contributed by atoms with van der Waals surface area (Å²) in [5, 5.41) is 10.5. The number of piperazine rings is 1. The van der Waals surface area contributed by atoms with Gasteiger partial charge in [0.05, 0.1) is 5.69 Å². The third-order valence-corrected chi connectivity index (χ3v) is 4.67. The number of anilines is 3. The number of hydrogen-bond donors (Lipinski definition) is 2. The van der Waals surface area contributed by atoms with Gasteiger partial charge in [0.25, 0.3) is 0 Å². The highest BCUT2D eigenvalue weighted by Gasteiger charge is 2.18. The van der Waals surface area contributed by atoms with Crippen molar-refractivity contribution in [3.8, 4) is 11.5 Å². The van der Waals surface area contributed by atoms with E-state index < -0.39 is 0 Å². The predicted octanol–water partition coefficient (Wildman–Crippen LogP) is 2.01. The summed E-state index contributed by atoms with van der Waals surface area (Å²) in [5.41, 5.74) is 1.99. The van der Waals surface area contributed by atoms with Gasteiger partial charge >= 0.3 is 0 Å². The summed E-state index contributed by atoms with van der Waals surface area (Å²) < 4.78 is 2.03. The first kappa shape index (κ1) is 16.6. The van der Waals surface area contributed by atoms with Crippen LogP contribution >= 0.6 is 0 Å². The van der Waals surface area contributed by atoms with Gasteiger partial charge in [0.1, 0.15) is 11.6 Å². The van der Waals surface area contributed by atoms with Crippen LogP contribution in [0.15, 0.2) is 30.5 Å². The number of likely N-dealkylation sites (N-methyl/N-ethyl adjacent to an activating group) is 1. The van der Waals surface area contributed by atoms with Crippen LogP contribution < -0.4 is 10.2 Å². The van der Waals surface area contributed by atoms with E-state index >= 15 is 0 Å². The van der Waals surface area contributed by atoms with E-state index in [2.05, 4.69) is 32.4 Å². The Morgan fingerprint density at radius 1 is 1.04 bits per heavy atom. The van der Waals surface area contributed by atoms with E-state index in [9.17, 15) is 0 Å². The van der Waals surface area contributed by atoms with E-state index in [1.807, 2.05) is 49.0 Å². The maximum Gasteiger partial charge on any atom is 0.180 e. The first-order valence-electron chi connectivity index (χ1n) is 8.82. The molecular formula is C18H24N8. The quantitative estimate of drug-likeness (QED) is 0.748. The zero-order chi connectivity index (χ0) is 18.1. The fourth-order valence-electron chi connectivity index (χ4n) is 3.12. The van der Waals surface area contributed by atoms with Crippen molar-refractivity contribution in [3.05, 3.63) is 36.2 Å². The predicted molar refractivity (Wildman–Crippen MR) is 103 cm³/mol. The molecule has 26 heavy (non-hydrogen) atoms. The fraction of sp³-hybridized carbons (Fsp3) is 0.389. The highest BCUT2D eigenvalue weighted by atomic mass is 15.3. The number of H-pyrrole nitrogens is 1. The van der Waals surface area contributed by atoms with Gasteiger partial charge in [-0.05, 0) is 26.1 Å². The smallest absolute Gasteiger partial charge is 0.180 e. The normalized spacial score (nSPS) is 15.4. The molecule has 4 heterocycles. The van der Waals surface area contributed by atoms with Crippen LogP contribution in [0.2, 0.25) is 0 Å². The number of aryl methyl sites for hydroxylation is 2. The Kier molecular flexibility index (Phi) is 4.34. The van der Waals surface area contributed by atoms with Crippen LogP contribution in [0, 0.1) is 6.92 Å². The Bertz CT molecular complexity index is 888. The van der Waals surface area contributed by atoms with Gasteiger partial charge in [0, 0.05) is 57.3 Å². The van der Waals surface area contributed by atoms with Crippen LogP contribution in [-0.4, -0.2) is 62.9 Å². The molecule has 8 heteroatoms. The number of rotatable bonds is 4. The number of nitrogens with zero attached hydrogens (tertiary/aromatic N) is 6. The topological polar surface area (TPSA) is 77.9 Å². The van der Waals surface area contributed by atoms with E-state index in [1.54, 1.807) is 0 Å². The lowest BCUT2D eigenvalue weighted by Crippen LogP contribution is -2.44. The Morgan fingerprint density at radius 2 is 1.85 bits per heavy atom. The zero-order valence-corrected chi connectivity index (χ0v) is 15.4. The standard InChI is InChI=1S/C18H24N8/c1-13-11-16(23-22-13)19-15-12-17(26-9-7-24(2)8-10-26)21-18(20-15)14-5-4-6-25(14)3/h4-6,11-12H,7-10H2,1-3H3,(H2,19,20,21,22,23). The summed E-state index contributed by atoms with van der Waals surface area (Å²) in [6.07, 6.45) is 2.01. The Labute approximate surface area is 152 Å². The number of aromatic amines is 1. The molecule has 0 radical (unpaired) electrons. The maximum absolute atomic E-state index is 4.84. The molecule has 0 bridgehead atoms. The molecule has 3 aromatic heterocycles. The van der Waals surface area contributed by atoms with Gasteiger partial charge in [0.15, 0.2) is 11.6 Å². The van der Waals surface area contributed by atoms with Crippen molar-refractivity contribution in [1.82, 2.24) is 29.6 Å². The summed E-state index contributed by atoms with van der Waals surface area (Å²) in [5.74, 6) is 3.16. The van der Waals surface area contributed by atoms with Crippen LogP contribution in [-0.2, 0) is 7.05 Å². The maximum atomic E-state index is 4.84. The minimum atomic E-state index is 0.712. The molecule has 1 aliphatic heterocycles. The summed E-state index contributed by atoms with van der Waals surface area (Å²) in [6, 6.07) is 8.00. The Hall–Kier alpha value is -2.87. The van der Waals surface area contributed by atoms with Gasteiger partial charge in [-0.3, -0.25) is 5.10 Å². The summed E-state index contributed by atoms with van der Waals surface area (Å²) in [4.78, 5) is 14.2. The fourth-order valence-corrected chi connectivity index (χ4v) is 3.12. The second kappa shape index (κ2) is 6.80. The zero-order valence-electron chi connectivity index (χ0n) is 15.4. The largest absolute Gasteiger partial charge is 0.354 e. The van der Waals surface area contributed by atoms with E-state index in [0.717, 1.165) is 55.0 Å². The van der Waals surface area contributed by atoms with Crippen LogP contribution in [0.1, 0.15) is 5.69 Å². The van der Waals surface area contributed by atoms with Gasteiger partial charge in [-0.25, -0.2) is 9.97 Å². The molecule has 1 aliphatic rings. The van der Waals surface area contributed by atoms with Gasteiger partial charge in [-0.1, -0.05) is 0 Å². The summed E-state index contributed by atoms with van der Waals surface area (Å²) in [6.45, 7) is 5.96. The molecule has 136 valence electrons. The molecule has 3 aromatic rings. The monoisotopic (exact) mass is 352 g/mol. The van der Waals surface area contributed by atoms with E-state index in [4.69, 9.17) is 9.97 Å². The van der Waals surface area contributed by atoms with Crippen LogP contribution in [0.5, 0.6) is 0 Å². The molecule has 0 atom stereocenters. The average Bonchev–Trinajstić information content (AvgIpc) is 3.23. The van der Waals surface area contributed by atoms with Crippen molar-refractivity contribution < 1.29 is 0 Å². The summed E-state index contributed by atoms with van der Waals surface area (Å²) >= 11 is 0. The first-order valence-corrected chi connectivity index (χ1v) is 8.82. The minimum absolute atomic E-state index is 0.712. The van der Waals surface area contributed by atoms with Crippen molar-refractivity contribution in [1.29, 1.82) is 0 Å². The molecule has 0 unspecified atom stereocenters. The molecule has 0 spiro atoms. The van der Waals surface area contributed by atoms with Crippen molar-refractivity contribution in [2.24, 2.45) is 7.05 Å². The van der Waals surface area contributed by atoms with Crippen molar-refractivity contribution >= 4 is 17.5 Å².